The fourth-order valence-corrected chi connectivity index (χ4v) is 5.32. The molecule has 0 unspecified atom stereocenters. The lowest BCUT2D eigenvalue weighted by Crippen LogP contribution is -2.45. The van der Waals surface area contributed by atoms with Gasteiger partial charge in [-0.25, -0.2) is 9.48 Å². The Morgan fingerprint density at radius 2 is 1.54 bits per heavy atom. The highest BCUT2D eigenvalue weighted by atomic mass is 19.4. The van der Waals surface area contributed by atoms with Crippen LogP contribution in [0.5, 0.6) is 0 Å². The Balaban J connectivity index is 1.71. The number of alkyl halides is 3. The van der Waals surface area contributed by atoms with Gasteiger partial charge in [-0.1, -0.05) is 60.7 Å². The Morgan fingerprint density at radius 1 is 1.00 bits per heavy atom. The first kappa shape index (κ1) is 24.8. The zero-order valence-corrected chi connectivity index (χ0v) is 19.6. The van der Waals surface area contributed by atoms with E-state index >= 15 is 0 Å². The van der Waals surface area contributed by atoms with Gasteiger partial charge >= 0.3 is 12.3 Å². The Morgan fingerprint density at radius 3 is 2.03 bits per heavy atom. The SMILES string of the molecule is O=C1Nc2c(c(C3CCN(C(=O)O)CC3)nn2C(c2ccccc2)c2ccccc2)[C@@H](C(F)(F)F)[C@H]1O. The number of anilines is 1. The van der Waals surface area contributed by atoms with Crippen LogP contribution in [0.2, 0.25) is 0 Å². The third-order valence-electron chi connectivity index (χ3n) is 7.09. The molecule has 8 nitrogen and oxygen atoms in total. The van der Waals surface area contributed by atoms with Crippen molar-refractivity contribution >= 4 is 17.8 Å². The normalized spacial score (nSPS) is 20.6. The van der Waals surface area contributed by atoms with Crippen LogP contribution in [0, 0.1) is 0 Å². The van der Waals surface area contributed by atoms with E-state index < -0.39 is 42.2 Å². The summed E-state index contributed by atoms with van der Waals surface area (Å²) in [7, 11) is 0. The van der Waals surface area contributed by atoms with E-state index in [2.05, 4.69) is 5.32 Å². The summed E-state index contributed by atoms with van der Waals surface area (Å²) in [6, 6.07) is 17.6. The van der Waals surface area contributed by atoms with Crippen molar-refractivity contribution in [2.45, 2.75) is 43.0 Å². The molecule has 194 valence electrons. The number of benzene rings is 2. The van der Waals surface area contributed by atoms with Crippen LogP contribution in [0.25, 0.3) is 0 Å². The predicted molar refractivity (Wildman–Crippen MR) is 127 cm³/mol. The number of rotatable bonds is 4. The molecule has 0 saturated carbocycles. The second kappa shape index (κ2) is 9.55. The number of fused-ring (bicyclic) bond motifs is 1. The molecule has 5 rings (SSSR count). The van der Waals surface area contributed by atoms with E-state index in [0.29, 0.717) is 0 Å². The number of nitrogens with zero attached hydrogens (tertiary/aromatic N) is 3. The van der Waals surface area contributed by atoms with Crippen molar-refractivity contribution in [2.24, 2.45) is 0 Å². The van der Waals surface area contributed by atoms with Crippen molar-refractivity contribution in [1.82, 2.24) is 14.7 Å². The van der Waals surface area contributed by atoms with Crippen LogP contribution in [0.15, 0.2) is 60.7 Å². The van der Waals surface area contributed by atoms with Gasteiger partial charge < -0.3 is 20.4 Å². The van der Waals surface area contributed by atoms with Crippen LogP contribution in [0.4, 0.5) is 23.8 Å². The zero-order valence-electron chi connectivity index (χ0n) is 19.6. The predicted octanol–water partition coefficient (Wildman–Crippen LogP) is 4.34. The number of carbonyl (C=O) groups is 2. The number of halogens is 3. The topological polar surface area (TPSA) is 108 Å². The van der Waals surface area contributed by atoms with Gasteiger partial charge in [0.1, 0.15) is 23.9 Å². The number of aliphatic hydroxyl groups excluding tert-OH is 1. The van der Waals surface area contributed by atoms with Gasteiger partial charge in [-0.15, -0.1) is 0 Å². The number of carbonyl (C=O) groups excluding carboxylic acids is 1. The smallest absolute Gasteiger partial charge is 0.407 e. The highest BCUT2D eigenvalue weighted by Crippen LogP contribution is 2.49. The van der Waals surface area contributed by atoms with E-state index in [1.165, 1.54) is 9.58 Å². The van der Waals surface area contributed by atoms with Crippen LogP contribution in [0.1, 0.15) is 53.1 Å². The highest BCUT2D eigenvalue weighted by molar-refractivity contribution is 5.97. The van der Waals surface area contributed by atoms with Gasteiger partial charge in [-0.2, -0.15) is 18.3 Å². The van der Waals surface area contributed by atoms with Gasteiger partial charge in [-0.05, 0) is 24.0 Å². The van der Waals surface area contributed by atoms with Gasteiger partial charge in [0, 0.05) is 24.6 Å². The zero-order chi connectivity index (χ0) is 26.3. The molecule has 0 aliphatic carbocycles. The number of aliphatic hydroxyl groups is 1. The van der Waals surface area contributed by atoms with Gasteiger partial charge in [0.2, 0.25) is 0 Å². The largest absolute Gasteiger partial charge is 0.465 e. The number of piperidine rings is 1. The van der Waals surface area contributed by atoms with Crippen LogP contribution in [-0.2, 0) is 4.79 Å². The number of likely N-dealkylation sites (tertiary alicyclic amines) is 1. The average molecular weight is 515 g/mol. The summed E-state index contributed by atoms with van der Waals surface area (Å²) in [4.78, 5) is 25.2. The Labute approximate surface area is 210 Å². The fourth-order valence-electron chi connectivity index (χ4n) is 5.32. The second-order valence-electron chi connectivity index (χ2n) is 9.31. The molecule has 1 aromatic heterocycles. The molecule has 3 aromatic rings. The molecular weight excluding hydrogens is 489 g/mol. The van der Waals surface area contributed by atoms with Gasteiger partial charge in [-0.3, -0.25) is 4.79 Å². The molecule has 2 aliphatic heterocycles. The molecule has 0 spiro atoms. The van der Waals surface area contributed by atoms with Crippen molar-refractivity contribution in [3.8, 4) is 0 Å². The summed E-state index contributed by atoms with van der Waals surface area (Å²) in [5, 5.41) is 26.9. The van der Waals surface area contributed by atoms with E-state index in [0.717, 1.165) is 11.1 Å². The molecule has 0 radical (unpaired) electrons. The highest BCUT2D eigenvalue weighted by Gasteiger charge is 2.54. The quantitative estimate of drug-likeness (QED) is 0.480. The number of carboxylic acid groups (broad SMARTS) is 1. The molecule has 1 saturated heterocycles. The van der Waals surface area contributed by atoms with Crippen molar-refractivity contribution in [2.75, 3.05) is 18.4 Å². The summed E-state index contributed by atoms with van der Waals surface area (Å²) < 4.78 is 44.5. The Bertz CT molecular complexity index is 1250. The summed E-state index contributed by atoms with van der Waals surface area (Å²) in [6.07, 6.45) is -7.78. The van der Waals surface area contributed by atoms with Gasteiger partial charge in [0.15, 0.2) is 0 Å². The molecule has 3 heterocycles. The van der Waals surface area contributed by atoms with E-state index in [1.54, 1.807) is 0 Å². The maximum Gasteiger partial charge on any atom is 0.407 e. The number of hydrogen-bond donors (Lipinski definition) is 3. The average Bonchev–Trinajstić information content (AvgIpc) is 3.23. The van der Waals surface area contributed by atoms with E-state index in [9.17, 15) is 33.0 Å². The molecule has 37 heavy (non-hydrogen) atoms. The van der Waals surface area contributed by atoms with E-state index in [-0.39, 0.29) is 43.0 Å². The monoisotopic (exact) mass is 514 g/mol. The molecule has 1 fully saturated rings. The van der Waals surface area contributed by atoms with Gasteiger partial charge in [0.25, 0.3) is 5.91 Å². The first-order chi connectivity index (χ1) is 17.7. The van der Waals surface area contributed by atoms with Gasteiger partial charge in [0.05, 0.1) is 5.69 Å². The maximum absolute atomic E-state index is 14.4. The molecule has 2 aromatic carbocycles. The lowest BCUT2D eigenvalue weighted by Gasteiger charge is -2.33. The summed E-state index contributed by atoms with van der Waals surface area (Å²) >= 11 is 0. The molecule has 2 amide bonds. The minimum atomic E-state index is -4.91. The van der Waals surface area contributed by atoms with Crippen LogP contribution < -0.4 is 5.32 Å². The number of aromatic nitrogens is 2. The fraction of sp³-hybridized carbons (Fsp3) is 0.346. The summed E-state index contributed by atoms with van der Waals surface area (Å²) in [5.74, 6) is -4.19. The van der Waals surface area contributed by atoms with Crippen molar-refractivity contribution in [3.63, 3.8) is 0 Å². The minimum absolute atomic E-state index is 0.106. The number of nitrogens with one attached hydrogen (secondary N) is 1. The molecule has 0 bridgehead atoms. The molecule has 2 atom stereocenters. The maximum atomic E-state index is 14.4. The first-order valence-corrected chi connectivity index (χ1v) is 11.9. The van der Waals surface area contributed by atoms with Crippen molar-refractivity contribution in [3.05, 3.63) is 83.0 Å². The molecular formula is C26H25F3N4O4. The van der Waals surface area contributed by atoms with Crippen LogP contribution in [-0.4, -0.2) is 62.3 Å². The third-order valence-corrected chi connectivity index (χ3v) is 7.09. The third kappa shape index (κ3) is 4.55. The molecule has 2 aliphatic rings. The standard InChI is InChI=1S/C26H25F3N4O4/c27-26(28,29)19-18-20(15-11-13-32(14-12-15)25(36)37)31-33(23(18)30-24(35)22(19)34)21(16-7-3-1-4-8-16)17-9-5-2-6-10-17/h1-10,15,19,21-22,34H,11-14H2,(H,30,35)(H,36,37)/t19-,22-/m1/s1. The lowest BCUT2D eigenvalue weighted by molar-refractivity contribution is -0.177. The summed E-state index contributed by atoms with van der Waals surface area (Å²) in [5.41, 5.74) is 1.36. The van der Waals surface area contributed by atoms with Crippen LogP contribution >= 0.6 is 0 Å². The van der Waals surface area contributed by atoms with Crippen LogP contribution in [0.3, 0.4) is 0 Å². The number of hydrogen-bond acceptors (Lipinski definition) is 4. The Hall–Kier alpha value is -3.86. The Kier molecular flexibility index (Phi) is 6.40. The van der Waals surface area contributed by atoms with E-state index in [1.807, 2.05) is 60.7 Å². The second-order valence-corrected chi connectivity index (χ2v) is 9.31. The van der Waals surface area contributed by atoms with Crippen molar-refractivity contribution in [1.29, 1.82) is 0 Å². The van der Waals surface area contributed by atoms with E-state index in [4.69, 9.17) is 5.10 Å². The minimum Gasteiger partial charge on any atom is -0.465 e. The first-order valence-electron chi connectivity index (χ1n) is 11.9. The summed E-state index contributed by atoms with van der Waals surface area (Å²) in [6.45, 7) is 0.294. The number of amides is 2. The lowest BCUT2D eigenvalue weighted by atomic mass is 9.83. The molecule has 11 heteroatoms. The van der Waals surface area contributed by atoms with Crippen molar-refractivity contribution < 1.29 is 33.0 Å². The molecule has 3 N–H and O–H groups in total.